The molecule has 0 amide bonds. The molecule has 0 aliphatic heterocycles. The molecular weight excluding hydrogens is 723 g/mol. The van der Waals surface area contributed by atoms with Crippen LogP contribution in [0.3, 0.4) is 0 Å². The molecule has 0 unspecified atom stereocenters. The smallest absolute Gasteiger partial charge is 0.182 e. The highest BCUT2D eigenvalue weighted by atomic mass is 79.9. The molecule has 24 heavy (non-hydrogen) atoms. The Morgan fingerprint density at radius 3 is 0.875 bits per heavy atom. The Morgan fingerprint density at radius 1 is 0.458 bits per heavy atom. The summed E-state index contributed by atoms with van der Waals surface area (Å²) in [4.78, 5) is 0. The number of hydrogen-bond donors (Lipinski definition) is 0. The average Bonchev–Trinajstić information content (AvgIpc) is 2.55. The van der Waals surface area contributed by atoms with Gasteiger partial charge in [0.25, 0.3) is 0 Å². The Morgan fingerprint density at radius 2 is 0.667 bits per heavy atom. The quantitative estimate of drug-likeness (QED) is 0.165. The molecule has 2 aromatic carbocycles. The van der Waals surface area contributed by atoms with Crippen LogP contribution in [0.2, 0.25) is 30.1 Å². The Hall–Kier alpha value is 2.45. The molecule has 2 aromatic rings. The van der Waals surface area contributed by atoms with Gasteiger partial charge in [0.15, 0.2) is 0 Å². The minimum absolute atomic E-state index is 0.252. The molecule has 2 rings (SSSR count). The van der Waals surface area contributed by atoms with Crippen molar-refractivity contribution in [3.05, 3.63) is 48.0 Å². The molecule has 0 aliphatic carbocycles. The van der Waals surface area contributed by atoms with Gasteiger partial charge in [-0.2, -0.15) is 11.5 Å². The number of benzene rings is 2. The molecule has 0 radical (unpaired) electrons. The summed E-state index contributed by atoms with van der Waals surface area (Å²) in [6, 6.07) is 0. The highest BCUT2D eigenvalue weighted by Crippen LogP contribution is 2.42. The summed E-state index contributed by atoms with van der Waals surface area (Å²) in [7, 11) is 0. The van der Waals surface area contributed by atoms with E-state index in [2.05, 4.69) is 63.7 Å². The normalized spacial score (nSPS) is 11.1. The zero-order valence-corrected chi connectivity index (χ0v) is 22.4. The van der Waals surface area contributed by atoms with E-state index >= 15 is 0 Å². The number of hydrogen-bond acceptors (Lipinski definition) is 0. The van der Waals surface area contributed by atoms with Crippen LogP contribution in [-0.2, 0) is 0 Å². The fourth-order valence-electron chi connectivity index (χ4n) is 1.83. The Bertz CT molecular complexity index is 731. The number of rotatable bonds is 2. The summed E-state index contributed by atoms with van der Waals surface area (Å²) >= 11 is 57.7. The van der Waals surface area contributed by atoms with E-state index in [-0.39, 0.29) is 20.1 Å². The van der Waals surface area contributed by atoms with Crippen molar-refractivity contribution in [2.75, 3.05) is 0 Å². The van der Waals surface area contributed by atoms with Gasteiger partial charge in [-0.05, 0) is 74.6 Å². The van der Waals surface area contributed by atoms with Crippen molar-refractivity contribution in [3.63, 3.8) is 0 Å². The van der Waals surface area contributed by atoms with Gasteiger partial charge in [-0.1, -0.05) is 69.6 Å². The molecule has 0 saturated carbocycles. The molecule has 0 atom stereocenters. The second-order valence-corrected chi connectivity index (χ2v) is 10.2. The average molecular weight is 723 g/mol. The zero-order chi connectivity index (χ0) is 18.5. The van der Waals surface area contributed by atoms with Gasteiger partial charge in [0.05, 0.1) is 48.0 Å². The summed E-state index contributed by atoms with van der Waals surface area (Å²) in [6.07, 6.45) is -0.861. The minimum Gasteiger partial charge on any atom is -0.182 e. The van der Waals surface area contributed by atoms with E-state index in [4.69, 9.17) is 81.1 Å². The van der Waals surface area contributed by atoms with Crippen LogP contribution in [0.15, 0.2) is 17.9 Å². The summed E-state index contributed by atoms with van der Waals surface area (Å²) in [5, 5.41) is 1.66. The predicted molar refractivity (Wildman–Crippen MR) is 125 cm³/mol. The summed E-state index contributed by atoms with van der Waals surface area (Å²) < 4.78 is 1.79. The molecule has 128 valence electrons. The molecule has 12 heteroatoms. The second-order valence-electron chi connectivity index (χ2n) is 4.33. The van der Waals surface area contributed by atoms with E-state index < -0.39 is 6.13 Å². The van der Waals surface area contributed by atoms with Crippen molar-refractivity contribution in [1.29, 1.82) is 0 Å². The highest BCUT2D eigenvalue weighted by Gasteiger charge is 2.33. The summed E-state index contributed by atoms with van der Waals surface area (Å²) in [5.41, 5.74) is 0.793. The van der Waals surface area contributed by atoms with Gasteiger partial charge >= 0.3 is 6.13 Å². The van der Waals surface area contributed by atoms with E-state index in [1.54, 1.807) is 0 Å². The van der Waals surface area contributed by atoms with E-state index in [1.165, 1.54) is 0 Å². The first-order valence-corrected chi connectivity index (χ1v) is 11.6. The van der Waals surface area contributed by atoms with Crippen molar-refractivity contribution in [3.8, 4) is 0 Å². The van der Waals surface area contributed by atoms with Crippen LogP contribution < -0.4 is 10.9 Å². The van der Waals surface area contributed by atoms with Crippen molar-refractivity contribution < 1.29 is 0 Å². The second kappa shape index (κ2) is 8.86. The molecule has 0 bridgehead atoms. The van der Waals surface area contributed by atoms with E-state index in [1.807, 2.05) is 0 Å². The van der Waals surface area contributed by atoms with Crippen LogP contribution in [-0.4, -0.2) is 6.13 Å². The van der Waals surface area contributed by atoms with Gasteiger partial charge < -0.3 is 0 Å². The van der Waals surface area contributed by atoms with Crippen molar-refractivity contribution >= 4 is 162 Å². The molecular formula is C12BBr4Cl7. The fraction of sp³-hybridized carbons (Fsp3) is 0. The lowest BCUT2D eigenvalue weighted by Crippen LogP contribution is -2.40. The van der Waals surface area contributed by atoms with Gasteiger partial charge in [-0.3, -0.25) is 0 Å². The maximum Gasteiger partial charge on any atom is 0.321 e. The van der Waals surface area contributed by atoms with Gasteiger partial charge in [-0.15, -0.1) is 0 Å². The first-order chi connectivity index (χ1) is 11.0. The highest BCUT2D eigenvalue weighted by molar-refractivity contribution is 9.11. The Balaban J connectivity index is 2.84. The van der Waals surface area contributed by atoms with Gasteiger partial charge in [-0.25, -0.2) is 0 Å². The molecule has 0 nitrogen and oxygen atoms in total. The predicted octanol–water partition coefficient (Wildman–Crippen LogP) is 9.00. The maximum absolute atomic E-state index is 6.64. The first-order valence-electron chi connectivity index (χ1n) is 5.69. The van der Waals surface area contributed by atoms with E-state index in [0.29, 0.717) is 38.9 Å². The standard InChI is InChI=1S/C12BBr4Cl7/c14-3-7(18)1(8(19)4(15)11(3)22)13(24)2-9(20)5(16)12(23)6(17)10(2)21. The SMILES string of the molecule is ClB(c1c(Cl)c(Br)c(Cl)c(Br)c1Cl)c1c(Cl)c(Br)c(Cl)c(Br)c1Cl. The third kappa shape index (κ3) is 3.94. The maximum atomic E-state index is 6.64. The molecule has 0 saturated heterocycles. The lowest BCUT2D eigenvalue weighted by molar-refractivity contribution is 1.61. The Kier molecular flexibility index (Phi) is 8.39. The molecule has 0 N–H and O–H groups in total. The van der Waals surface area contributed by atoms with Gasteiger partial charge in [0, 0.05) is 0 Å². The van der Waals surface area contributed by atoms with E-state index in [9.17, 15) is 0 Å². The molecule has 0 spiro atoms. The Labute approximate surface area is 207 Å². The van der Waals surface area contributed by atoms with Gasteiger partial charge in [0.2, 0.25) is 0 Å². The van der Waals surface area contributed by atoms with Crippen LogP contribution in [0.1, 0.15) is 0 Å². The van der Waals surface area contributed by atoms with Crippen molar-refractivity contribution in [2.24, 2.45) is 0 Å². The summed E-state index contributed by atoms with van der Waals surface area (Å²) in [5.74, 6) is 0. The largest absolute Gasteiger partial charge is 0.321 e. The van der Waals surface area contributed by atoms with Crippen LogP contribution in [0.5, 0.6) is 0 Å². The summed E-state index contributed by atoms with van der Waals surface area (Å²) in [6.45, 7) is 0. The van der Waals surface area contributed by atoms with Crippen molar-refractivity contribution in [1.82, 2.24) is 0 Å². The first kappa shape index (κ1) is 22.7. The third-order valence-electron chi connectivity index (χ3n) is 2.99. The van der Waals surface area contributed by atoms with Gasteiger partial charge in [0.1, 0.15) is 0 Å². The monoisotopic (exact) mass is 715 g/mol. The van der Waals surface area contributed by atoms with Crippen LogP contribution >= 0.6 is 145 Å². The molecule has 0 aromatic heterocycles. The number of halogens is 11. The van der Waals surface area contributed by atoms with Crippen LogP contribution in [0.25, 0.3) is 0 Å². The van der Waals surface area contributed by atoms with Crippen LogP contribution in [0.4, 0.5) is 0 Å². The molecule has 0 heterocycles. The lowest BCUT2D eigenvalue weighted by atomic mass is 9.62. The van der Waals surface area contributed by atoms with E-state index in [0.717, 1.165) is 0 Å². The minimum atomic E-state index is -0.861. The zero-order valence-electron chi connectivity index (χ0n) is 10.7. The fourth-order valence-corrected chi connectivity index (χ4v) is 6.53. The molecule has 0 fully saturated rings. The topological polar surface area (TPSA) is 0 Å². The van der Waals surface area contributed by atoms with Crippen LogP contribution in [0, 0.1) is 0 Å². The molecule has 0 aliphatic rings. The third-order valence-corrected chi connectivity index (χ3v) is 10.8. The van der Waals surface area contributed by atoms with Crippen molar-refractivity contribution in [2.45, 2.75) is 0 Å². The lowest BCUT2D eigenvalue weighted by Gasteiger charge is -2.19.